The summed E-state index contributed by atoms with van der Waals surface area (Å²) in [7, 11) is 1.79. The number of aliphatic imine (C=N–C) groups is 1. The molecule has 0 aliphatic rings. The van der Waals surface area contributed by atoms with Crippen LogP contribution in [0.25, 0.3) is 5.57 Å². The van der Waals surface area contributed by atoms with Gasteiger partial charge in [-0.1, -0.05) is 25.5 Å². The van der Waals surface area contributed by atoms with Crippen LogP contribution in [0.15, 0.2) is 29.3 Å². The molecule has 0 spiro atoms. The summed E-state index contributed by atoms with van der Waals surface area (Å²) < 4.78 is 0. The quantitative estimate of drug-likeness (QED) is 0.590. The Kier molecular flexibility index (Phi) is 7.79. The number of rotatable bonds is 3. The Hall–Kier alpha value is -0.266. The summed E-state index contributed by atoms with van der Waals surface area (Å²) in [5, 5.41) is 0. The van der Waals surface area contributed by atoms with Crippen molar-refractivity contribution in [2.45, 2.75) is 26.7 Å². The van der Waals surface area contributed by atoms with Crippen molar-refractivity contribution in [3.63, 3.8) is 0 Å². The van der Waals surface area contributed by atoms with E-state index in [1.165, 1.54) is 11.1 Å². The van der Waals surface area contributed by atoms with Gasteiger partial charge in [0.2, 0.25) is 0 Å². The molecule has 0 aliphatic carbocycles. The van der Waals surface area contributed by atoms with E-state index in [9.17, 15) is 0 Å². The SMILES string of the molecule is C/C=C(\C=NC)c1c[c-]c(C(C)C)cc1.[HH].[Y]. The zero-order valence-electron chi connectivity index (χ0n) is 10.5. The van der Waals surface area contributed by atoms with E-state index in [1.807, 2.05) is 19.2 Å². The van der Waals surface area contributed by atoms with Crippen molar-refractivity contribution >= 4 is 11.8 Å². The smallest absolute Gasteiger partial charge is 0.0276 e. The Balaban J connectivity index is 0. The van der Waals surface area contributed by atoms with Crippen molar-refractivity contribution in [2.75, 3.05) is 7.05 Å². The Labute approximate surface area is 125 Å². The second-order valence-electron chi connectivity index (χ2n) is 3.82. The van der Waals surface area contributed by atoms with Gasteiger partial charge in [0.05, 0.1) is 0 Å². The molecule has 1 aromatic carbocycles. The van der Waals surface area contributed by atoms with Gasteiger partial charge in [-0.15, -0.1) is 5.56 Å². The summed E-state index contributed by atoms with van der Waals surface area (Å²) in [6, 6.07) is 9.60. The molecule has 1 radical (unpaired) electrons. The van der Waals surface area contributed by atoms with E-state index < -0.39 is 0 Å². The number of benzene rings is 1. The molecule has 0 bridgehead atoms. The first-order valence-corrected chi connectivity index (χ1v) is 5.29. The van der Waals surface area contributed by atoms with E-state index in [0.29, 0.717) is 5.92 Å². The number of hydrogen-bond donors (Lipinski definition) is 0. The third-order valence-corrected chi connectivity index (χ3v) is 2.37. The average Bonchev–Trinajstić information content (AvgIpc) is 2.26. The van der Waals surface area contributed by atoms with Crippen molar-refractivity contribution < 1.29 is 34.1 Å². The first-order chi connectivity index (χ1) is 7.19. The Bertz CT molecular complexity index is 366. The van der Waals surface area contributed by atoms with Gasteiger partial charge in [0.1, 0.15) is 0 Å². The number of nitrogens with zero attached hydrogens (tertiary/aromatic N) is 1. The summed E-state index contributed by atoms with van der Waals surface area (Å²) >= 11 is 0. The van der Waals surface area contributed by atoms with Crippen LogP contribution in [0.2, 0.25) is 0 Å². The van der Waals surface area contributed by atoms with Gasteiger partial charge in [0, 0.05) is 47.4 Å². The van der Waals surface area contributed by atoms with Crippen molar-refractivity contribution in [1.82, 2.24) is 0 Å². The molecule has 1 rings (SSSR count). The molecule has 0 aromatic heterocycles. The minimum absolute atomic E-state index is 0. The topological polar surface area (TPSA) is 12.4 Å². The van der Waals surface area contributed by atoms with Crippen molar-refractivity contribution in [3.05, 3.63) is 41.5 Å². The summed E-state index contributed by atoms with van der Waals surface area (Å²) in [6.45, 7) is 6.37. The fourth-order valence-corrected chi connectivity index (χ4v) is 1.43. The predicted molar refractivity (Wildman–Crippen MR) is 69.5 cm³/mol. The summed E-state index contributed by atoms with van der Waals surface area (Å²) in [4.78, 5) is 4.03. The number of hydrogen-bond acceptors (Lipinski definition) is 1. The molecule has 0 amide bonds. The predicted octanol–water partition coefficient (Wildman–Crippen LogP) is 3.96. The molecule has 16 heavy (non-hydrogen) atoms. The second-order valence-corrected chi connectivity index (χ2v) is 3.82. The molecule has 0 saturated heterocycles. The van der Waals surface area contributed by atoms with Crippen LogP contribution < -0.4 is 0 Å². The minimum Gasteiger partial charge on any atom is -0.297 e. The van der Waals surface area contributed by atoms with Crippen LogP contribution in [0.1, 0.15) is 39.2 Å². The first kappa shape index (κ1) is 15.7. The first-order valence-electron chi connectivity index (χ1n) is 5.29. The Morgan fingerprint density at radius 3 is 2.50 bits per heavy atom. The molecule has 0 atom stereocenters. The fourth-order valence-electron chi connectivity index (χ4n) is 1.43. The molecule has 0 heterocycles. The van der Waals surface area contributed by atoms with Crippen LogP contribution in [0.5, 0.6) is 0 Å². The van der Waals surface area contributed by atoms with E-state index in [-0.39, 0.29) is 34.1 Å². The van der Waals surface area contributed by atoms with Gasteiger partial charge in [-0.3, -0.25) is 4.99 Å². The van der Waals surface area contributed by atoms with E-state index in [1.54, 1.807) is 7.05 Å². The Morgan fingerprint density at radius 1 is 1.44 bits per heavy atom. The van der Waals surface area contributed by atoms with Gasteiger partial charge in [0.25, 0.3) is 0 Å². The van der Waals surface area contributed by atoms with Gasteiger partial charge >= 0.3 is 0 Å². The fraction of sp³-hybridized carbons (Fsp3) is 0.357. The maximum absolute atomic E-state index is 4.03. The van der Waals surface area contributed by atoms with E-state index in [0.717, 1.165) is 5.57 Å². The third-order valence-electron chi connectivity index (χ3n) is 2.37. The van der Waals surface area contributed by atoms with Gasteiger partial charge in [-0.2, -0.15) is 29.8 Å². The monoisotopic (exact) mass is 291 g/mol. The maximum atomic E-state index is 4.03. The van der Waals surface area contributed by atoms with Crippen molar-refractivity contribution in [2.24, 2.45) is 4.99 Å². The average molecular weight is 291 g/mol. The van der Waals surface area contributed by atoms with Crippen LogP contribution in [0, 0.1) is 6.07 Å². The summed E-state index contributed by atoms with van der Waals surface area (Å²) in [5.74, 6) is 0.535. The standard InChI is InChI=1S/C14H18N.Y.H2/c1-5-12(10-15-4)14-8-6-13(7-9-14)11(2)3;;/h5-6,8-11H,1-4H3;;1H/q-1;;/b12-5+,15-10?;;. The molecular formula is C14H20NY-. The van der Waals surface area contributed by atoms with Crippen LogP contribution in [0.4, 0.5) is 0 Å². The normalized spacial score (nSPS) is 11.9. The summed E-state index contributed by atoms with van der Waals surface area (Å²) in [5.41, 5.74) is 3.57. The van der Waals surface area contributed by atoms with Crippen LogP contribution in [-0.2, 0) is 32.7 Å². The molecule has 0 N–H and O–H groups in total. The number of allylic oxidation sites excluding steroid dienone is 2. The third kappa shape index (κ3) is 4.31. The molecule has 2 heteroatoms. The molecule has 85 valence electrons. The van der Waals surface area contributed by atoms with E-state index >= 15 is 0 Å². The van der Waals surface area contributed by atoms with Gasteiger partial charge in [-0.05, 0) is 12.8 Å². The van der Waals surface area contributed by atoms with Gasteiger partial charge in [-0.25, -0.2) is 0 Å². The largest absolute Gasteiger partial charge is 0.297 e. The Morgan fingerprint density at radius 2 is 2.12 bits per heavy atom. The van der Waals surface area contributed by atoms with Crippen LogP contribution in [-0.4, -0.2) is 13.3 Å². The van der Waals surface area contributed by atoms with Crippen LogP contribution in [0.3, 0.4) is 0 Å². The van der Waals surface area contributed by atoms with Gasteiger partial charge in [0.15, 0.2) is 0 Å². The molecule has 1 aromatic rings. The van der Waals surface area contributed by atoms with Crippen LogP contribution >= 0.6 is 0 Å². The van der Waals surface area contributed by atoms with Crippen molar-refractivity contribution in [3.8, 4) is 0 Å². The minimum atomic E-state index is 0. The molecule has 0 fully saturated rings. The van der Waals surface area contributed by atoms with Gasteiger partial charge < -0.3 is 0 Å². The van der Waals surface area contributed by atoms with E-state index in [2.05, 4.69) is 43.1 Å². The zero-order chi connectivity index (χ0) is 11.3. The molecule has 0 unspecified atom stereocenters. The molecule has 1 nitrogen and oxygen atoms in total. The van der Waals surface area contributed by atoms with Crippen molar-refractivity contribution in [1.29, 1.82) is 0 Å². The molecule has 0 aliphatic heterocycles. The maximum Gasteiger partial charge on any atom is 0.0276 e. The second kappa shape index (κ2) is 7.92. The molecular weight excluding hydrogens is 271 g/mol. The molecule has 0 saturated carbocycles. The zero-order valence-corrected chi connectivity index (χ0v) is 13.3. The van der Waals surface area contributed by atoms with E-state index in [4.69, 9.17) is 0 Å². The summed E-state index contributed by atoms with van der Waals surface area (Å²) in [6.07, 6.45) is 3.93.